The smallest absolute Gasteiger partial charge is 0.286 e. The molecule has 1 amide bonds. The normalized spacial score (nSPS) is 18.6. The molecule has 1 N–H and O–H groups in total. The Bertz CT molecular complexity index is 438. The number of nitrogens with zero attached hydrogens (tertiary/aromatic N) is 1. The van der Waals surface area contributed by atoms with E-state index >= 15 is 0 Å². The Morgan fingerprint density at radius 3 is 2.82 bits per heavy atom. The molecule has 1 aromatic rings. The van der Waals surface area contributed by atoms with Crippen LogP contribution in [0.4, 0.5) is 0 Å². The zero-order valence-corrected chi connectivity index (χ0v) is 10.1. The highest BCUT2D eigenvalue weighted by Crippen LogP contribution is 2.19. The zero-order chi connectivity index (χ0) is 11.7. The van der Waals surface area contributed by atoms with Gasteiger partial charge in [-0.15, -0.1) is 0 Å². The third-order valence-corrected chi connectivity index (χ3v) is 3.61. The Kier molecular flexibility index (Phi) is 2.83. The molecule has 0 aliphatic heterocycles. The lowest BCUT2D eigenvalue weighted by Crippen LogP contribution is -2.43. The highest BCUT2D eigenvalue weighted by atomic mass is 16.2. The summed E-state index contributed by atoms with van der Waals surface area (Å²) in [5.74, 6) is 0.147. The minimum Gasteiger partial charge on any atom is -0.348 e. The predicted molar refractivity (Wildman–Crippen MR) is 64.4 cm³/mol. The van der Waals surface area contributed by atoms with Crippen LogP contribution in [0.15, 0.2) is 18.5 Å². The average Bonchev–Trinajstić information content (AvgIpc) is 3.12. The number of carbonyl (C=O) groups is 1. The van der Waals surface area contributed by atoms with Gasteiger partial charge >= 0.3 is 0 Å². The molecule has 0 unspecified atom stereocenters. The largest absolute Gasteiger partial charge is 0.348 e. The van der Waals surface area contributed by atoms with Gasteiger partial charge in [0.25, 0.3) is 5.91 Å². The van der Waals surface area contributed by atoms with Gasteiger partial charge in [0.2, 0.25) is 6.54 Å². The number of fused-ring (bicyclic) bond motifs is 1. The molecule has 0 radical (unpaired) electrons. The molecule has 0 saturated heterocycles. The summed E-state index contributed by atoms with van der Waals surface area (Å²) in [6.45, 7) is 0.462. The number of carbonyl (C=O) groups excluding carboxylic acids is 1. The highest BCUT2D eigenvalue weighted by molar-refractivity contribution is 5.75. The molecule has 1 fully saturated rings. The van der Waals surface area contributed by atoms with Crippen molar-refractivity contribution in [2.45, 2.75) is 51.1 Å². The summed E-state index contributed by atoms with van der Waals surface area (Å²) in [6.07, 6.45) is 11.5. The quantitative estimate of drug-likeness (QED) is 0.777. The SMILES string of the molecule is O=C(C[n+]1ccc2c(c1)CCCC2)NC1CC1. The minimum absolute atomic E-state index is 0.147. The van der Waals surface area contributed by atoms with Crippen LogP contribution >= 0.6 is 0 Å². The van der Waals surface area contributed by atoms with Crippen molar-refractivity contribution in [1.82, 2.24) is 5.32 Å². The summed E-state index contributed by atoms with van der Waals surface area (Å²) in [5, 5.41) is 3.02. The first-order valence-electron chi connectivity index (χ1n) is 6.61. The molecule has 0 atom stereocenters. The fraction of sp³-hybridized carbons (Fsp3) is 0.571. The van der Waals surface area contributed by atoms with Crippen LogP contribution < -0.4 is 9.88 Å². The zero-order valence-electron chi connectivity index (χ0n) is 10.1. The molecule has 1 saturated carbocycles. The Balaban J connectivity index is 1.67. The van der Waals surface area contributed by atoms with Gasteiger partial charge in [0.15, 0.2) is 12.4 Å². The molecule has 3 nitrogen and oxygen atoms in total. The molecule has 1 heterocycles. The molecule has 1 aromatic heterocycles. The number of aromatic nitrogens is 1. The van der Waals surface area contributed by atoms with Crippen molar-refractivity contribution in [1.29, 1.82) is 0 Å². The van der Waals surface area contributed by atoms with Gasteiger partial charge in [0.05, 0.1) is 0 Å². The Hall–Kier alpha value is -1.38. The van der Waals surface area contributed by atoms with Crippen LogP contribution in [0.25, 0.3) is 0 Å². The lowest BCUT2D eigenvalue weighted by Gasteiger charge is -2.13. The number of rotatable bonds is 3. The Morgan fingerprint density at radius 2 is 2.06 bits per heavy atom. The van der Waals surface area contributed by atoms with E-state index in [1.54, 1.807) is 0 Å². The van der Waals surface area contributed by atoms with E-state index in [0.29, 0.717) is 12.6 Å². The molecule has 3 heteroatoms. The van der Waals surface area contributed by atoms with Crippen LogP contribution in [0, 0.1) is 0 Å². The maximum Gasteiger partial charge on any atom is 0.286 e. The van der Waals surface area contributed by atoms with E-state index in [1.807, 2.05) is 10.8 Å². The van der Waals surface area contributed by atoms with E-state index in [1.165, 1.54) is 36.8 Å². The molecule has 2 aliphatic rings. The fourth-order valence-corrected chi connectivity index (χ4v) is 2.48. The van der Waals surface area contributed by atoms with E-state index in [9.17, 15) is 4.79 Å². The molecule has 17 heavy (non-hydrogen) atoms. The van der Waals surface area contributed by atoms with Crippen molar-refractivity contribution in [2.24, 2.45) is 0 Å². The first-order chi connectivity index (χ1) is 8.31. The summed E-state index contributed by atoms with van der Waals surface area (Å²) in [5.41, 5.74) is 2.90. The Morgan fingerprint density at radius 1 is 1.29 bits per heavy atom. The van der Waals surface area contributed by atoms with Gasteiger partial charge < -0.3 is 5.32 Å². The van der Waals surface area contributed by atoms with Gasteiger partial charge in [-0.05, 0) is 44.1 Å². The monoisotopic (exact) mass is 231 g/mol. The third kappa shape index (κ3) is 2.65. The van der Waals surface area contributed by atoms with E-state index in [-0.39, 0.29) is 5.91 Å². The van der Waals surface area contributed by atoms with Crippen molar-refractivity contribution in [2.75, 3.05) is 0 Å². The summed E-state index contributed by atoms with van der Waals surface area (Å²) < 4.78 is 2.02. The van der Waals surface area contributed by atoms with Crippen LogP contribution in [-0.4, -0.2) is 11.9 Å². The minimum atomic E-state index is 0.147. The number of hydrogen-bond donors (Lipinski definition) is 1. The van der Waals surface area contributed by atoms with Gasteiger partial charge in [-0.2, -0.15) is 4.57 Å². The van der Waals surface area contributed by atoms with Crippen molar-refractivity contribution in [3.05, 3.63) is 29.6 Å². The van der Waals surface area contributed by atoms with Crippen LogP contribution in [0.5, 0.6) is 0 Å². The molecular formula is C14H19N2O+. The Labute approximate surface area is 102 Å². The first kappa shape index (κ1) is 10.8. The van der Waals surface area contributed by atoms with Gasteiger partial charge in [0, 0.05) is 17.7 Å². The highest BCUT2D eigenvalue weighted by Gasteiger charge is 2.24. The molecule has 2 aliphatic carbocycles. The van der Waals surface area contributed by atoms with Crippen molar-refractivity contribution in [3.63, 3.8) is 0 Å². The summed E-state index contributed by atoms with van der Waals surface area (Å²) in [7, 11) is 0. The number of nitrogens with one attached hydrogen (secondary N) is 1. The van der Waals surface area contributed by atoms with Crippen molar-refractivity contribution in [3.8, 4) is 0 Å². The standard InChI is InChI=1S/C14H18N2O/c17-14(15-13-5-6-13)10-16-8-7-11-3-1-2-4-12(11)9-16/h7-9,13H,1-6,10H2/p+1. The van der Waals surface area contributed by atoms with E-state index < -0.39 is 0 Å². The van der Waals surface area contributed by atoms with Gasteiger partial charge in [-0.1, -0.05) is 0 Å². The molecule has 3 rings (SSSR count). The van der Waals surface area contributed by atoms with Gasteiger partial charge in [-0.25, -0.2) is 0 Å². The first-order valence-corrected chi connectivity index (χ1v) is 6.61. The number of aryl methyl sites for hydroxylation is 2. The van der Waals surface area contributed by atoms with Crippen molar-refractivity contribution < 1.29 is 9.36 Å². The van der Waals surface area contributed by atoms with E-state index in [4.69, 9.17) is 0 Å². The van der Waals surface area contributed by atoms with E-state index in [2.05, 4.69) is 17.6 Å². The van der Waals surface area contributed by atoms with E-state index in [0.717, 1.165) is 12.8 Å². The number of pyridine rings is 1. The lowest BCUT2D eigenvalue weighted by atomic mass is 9.93. The van der Waals surface area contributed by atoms with Gasteiger partial charge in [-0.3, -0.25) is 4.79 Å². The second kappa shape index (κ2) is 4.47. The van der Waals surface area contributed by atoms with Crippen molar-refractivity contribution >= 4 is 5.91 Å². The summed E-state index contributed by atoms with van der Waals surface area (Å²) >= 11 is 0. The second-order valence-electron chi connectivity index (χ2n) is 5.22. The lowest BCUT2D eigenvalue weighted by molar-refractivity contribution is -0.685. The molecule has 0 spiro atoms. The summed E-state index contributed by atoms with van der Waals surface area (Å²) in [4.78, 5) is 11.7. The number of amides is 1. The second-order valence-corrected chi connectivity index (χ2v) is 5.22. The fourth-order valence-electron chi connectivity index (χ4n) is 2.48. The van der Waals surface area contributed by atoms with Crippen LogP contribution in [0.1, 0.15) is 36.8 Å². The third-order valence-electron chi connectivity index (χ3n) is 3.61. The van der Waals surface area contributed by atoms with Crippen LogP contribution in [0.2, 0.25) is 0 Å². The molecule has 90 valence electrons. The van der Waals surface area contributed by atoms with Crippen LogP contribution in [-0.2, 0) is 24.2 Å². The molecule has 0 aromatic carbocycles. The molecule has 0 bridgehead atoms. The van der Waals surface area contributed by atoms with Gasteiger partial charge in [0.1, 0.15) is 0 Å². The summed E-state index contributed by atoms with van der Waals surface area (Å²) in [6, 6.07) is 2.64. The van der Waals surface area contributed by atoms with Crippen LogP contribution in [0.3, 0.4) is 0 Å². The predicted octanol–water partition coefficient (Wildman–Crippen LogP) is 1.13. The average molecular weight is 231 g/mol. The molecular weight excluding hydrogens is 212 g/mol. The topological polar surface area (TPSA) is 33.0 Å². The maximum atomic E-state index is 11.7. The number of hydrogen-bond acceptors (Lipinski definition) is 1. The maximum absolute atomic E-state index is 11.7.